The number of benzene rings is 2. The minimum absolute atomic E-state index is 0.00621. The number of aromatic nitrogens is 3. The summed E-state index contributed by atoms with van der Waals surface area (Å²) >= 11 is 5.92. The molecular weight excluding hydrogens is 310 g/mol. The highest BCUT2D eigenvalue weighted by atomic mass is 35.5. The van der Waals surface area contributed by atoms with Crippen molar-refractivity contribution in [2.75, 3.05) is 0 Å². The maximum Gasteiger partial charge on any atom is 0.215 e. The summed E-state index contributed by atoms with van der Waals surface area (Å²) in [7, 11) is 1.78. The molecule has 0 radical (unpaired) electrons. The van der Waals surface area contributed by atoms with Gasteiger partial charge in [-0.05, 0) is 41.8 Å². The van der Waals surface area contributed by atoms with Crippen molar-refractivity contribution in [1.82, 2.24) is 14.8 Å². The molecule has 0 aliphatic heterocycles. The van der Waals surface area contributed by atoms with Gasteiger partial charge in [0.1, 0.15) is 5.52 Å². The summed E-state index contributed by atoms with van der Waals surface area (Å²) in [6.45, 7) is 0. The van der Waals surface area contributed by atoms with Crippen LogP contribution in [0.3, 0.4) is 0 Å². The number of pyridine rings is 1. The van der Waals surface area contributed by atoms with Crippen LogP contribution in [0.1, 0.15) is 11.1 Å². The Morgan fingerprint density at radius 3 is 2.61 bits per heavy atom. The SMILES string of the molecule is Cn1ncc2[nH]c3ccc(Cc4ccc(Cl)cc4)cc3c(=O)c21. The molecule has 0 bridgehead atoms. The molecule has 0 aliphatic rings. The van der Waals surface area contributed by atoms with Crippen LogP contribution in [0.2, 0.25) is 5.02 Å². The number of aromatic amines is 1. The number of hydrogen-bond acceptors (Lipinski definition) is 2. The van der Waals surface area contributed by atoms with Gasteiger partial charge in [0.25, 0.3) is 0 Å². The number of nitrogens with one attached hydrogen (secondary N) is 1. The monoisotopic (exact) mass is 323 g/mol. The van der Waals surface area contributed by atoms with E-state index in [1.165, 1.54) is 0 Å². The van der Waals surface area contributed by atoms with Crippen molar-refractivity contribution >= 4 is 33.5 Å². The van der Waals surface area contributed by atoms with Gasteiger partial charge in [-0.2, -0.15) is 5.10 Å². The van der Waals surface area contributed by atoms with Crippen LogP contribution < -0.4 is 5.43 Å². The molecule has 2 aromatic carbocycles. The second-order valence-electron chi connectivity index (χ2n) is 5.67. The van der Waals surface area contributed by atoms with E-state index in [0.717, 1.165) is 33.6 Å². The lowest BCUT2D eigenvalue weighted by Gasteiger charge is -2.05. The lowest BCUT2D eigenvalue weighted by Crippen LogP contribution is -2.08. The Kier molecular flexibility index (Phi) is 3.20. The molecule has 0 saturated heterocycles. The predicted molar refractivity (Wildman–Crippen MR) is 93.1 cm³/mol. The summed E-state index contributed by atoms with van der Waals surface area (Å²) in [4.78, 5) is 16.0. The normalized spacial score (nSPS) is 11.4. The van der Waals surface area contributed by atoms with Gasteiger partial charge in [0.15, 0.2) is 0 Å². The van der Waals surface area contributed by atoms with Gasteiger partial charge in [0.05, 0.1) is 11.7 Å². The summed E-state index contributed by atoms with van der Waals surface area (Å²) in [6.07, 6.45) is 2.44. The van der Waals surface area contributed by atoms with Gasteiger partial charge in [-0.25, -0.2) is 0 Å². The van der Waals surface area contributed by atoms with E-state index in [2.05, 4.69) is 10.1 Å². The molecule has 0 saturated carbocycles. The van der Waals surface area contributed by atoms with E-state index in [4.69, 9.17) is 11.6 Å². The van der Waals surface area contributed by atoms with Crippen LogP contribution in [0, 0.1) is 0 Å². The van der Waals surface area contributed by atoms with Gasteiger partial charge in [-0.1, -0.05) is 29.8 Å². The largest absolute Gasteiger partial charge is 0.352 e. The maximum absolute atomic E-state index is 12.7. The molecule has 114 valence electrons. The van der Waals surface area contributed by atoms with Crippen molar-refractivity contribution in [3.8, 4) is 0 Å². The Balaban J connectivity index is 1.84. The fourth-order valence-electron chi connectivity index (χ4n) is 2.91. The van der Waals surface area contributed by atoms with Gasteiger partial charge in [-0.3, -0.25) is 9.48 Å². The maximum atomic E-state index is 12.7. The van der Waals surface area contributed by atoms with Crippen LogP contribution >= 0.6 is 11.6 Å². The zero-order valence-corrected chi connectivity index (χ0v) is 13.3. The van der Waals surface area contributed by atoms with E-state index in [9.17, 15) is 4.79 Å². The Hall–Kier alpha value is -2.59. The lowest BCUT2D eigenvalue weighted by atomic mass is 10.0. The van der Waals surface area contributed by atoms with E-state index in [1.807, 2.05) is 42.5 Å². The molecule has 23 heavy (non-hydrogen) atoms. The van der Waals surface area contributed by atoms with Gasteiger partial charge in [0, 0.05) is 23.0 Å². The zero-order chi connectivity index (χ0) is 16.0. The van der Waals surface area contributed by atoms with Crippen molar-refractivity contribution in [2.24, 2.45) is 7.05 Å². The number of halogens is 1. The Bertz CT molecular complexity index is 1080. The third-order valence-corrected chi connectivity index (χ3v) is 4.33. The zero-order valence-electron chi connectivity index (χ0n) is 12.5. The molecule has 0 fully saturated rings. The molecule has 2 heterocycles. The molecule has 0 aliphatic carbocycles. The molecule has 4 aromatic rings. The van der Waals surface area contributed by atoms with Gasteiger partial charge in [-0.15, -0.1) is 0 Å². The fourth-order valence-corrected chi connectivity index (χ4v) is 3.03. The molecule has 0 spiro atoms. The first-order valence-corrected chi connectivity index (χ1v) is 7.71. The van der Waals surface area contributed by atoms with E-state index < -0.39 is 0 Å². The first kappa shape index (κ1) is 14.0. The Morgan fingerprint density at radius 2 is 1.83 bits per heavy atom. The van der Waals surface area contributed by atoms with E-state index in [1.54, 1.807) is 17.9 Å². The summed E-state index contributed by atoms with van der Waals surface area (Å²) in [6, 6.07) is 13.7. The molecule has 0 atom stereocenters. The minimum atomic E-state index is 0.00621. The topological polar surface area (TPSA) is 50.7 Å². The lowest BCUT2D eigenvalue weighted by molar-refractivity contribution is 0.795. The first-order valence-electron chi connectivity index (χ1n) is 7.33. The molecule has 0 unspecified atom stereocenters. The third kappa shape index (κ3) is 2.41. The number of fused-ring (bicyclic) bond motifs is 2. The number of H-pyrrole nitrogens is 1. The van der Waals surface area contributed by atoms with Crippen molar-refractivity contribution in [1.29, 1.82) is 0 Å². The van der Waals surface area contributed by atoms with Gasteiger partial charge >= 0.3 is 0 Å². The molecule has 1 N–H and O–H groups in total. The first-order chi connectivity index (χ1) is 11.1. The van der Waals surface area contributed by atoms with E-state index in [-0.39, 0.29) is 5.43 Å². The van der Waals surface area contributed by atoms with Crippen LogP contribution in [0.4, 0.5) is 0 Å². The molecule has 4 nitrogen and oxygen atoms in total. The summed E-state index contributed by atoms with van der Waals surface area (Å²) < 4.78 is 1.61. The van der Waals surface area contributed by atoms with E-state index >= 15 is 0 Å². The summed E-state index contributed by atoms with van der Waals surface area (Å²) in [5.41, 5.74) is 4.44. The predicted octanol–water partition coefficient (Wildman–Crippen LogP) is 3.66. The van der Waals surface area contributed by atoms with Crippen LogP contribution in [0.15, 0.2) is 53.5 Å². The average Bonchev–Trinajstić information content (AvgIpc) is 2.92. The summed E-state index contributed by atoms with van der Waals surface area (Å²) in [5.74, 6) is 0. The second-order valence-corrected chi connectivity index (χ2v) is 6.10. The highest BCUT2D eigenvalue weighted by Crippen LogP contribution is 2.18. The summed E-state index contributed by atoms with van der Waals surface area (Å²) in [5, 5.41) is 5.56. The molecular formula is C18H14ClN3O. The third-order valence-electron chi connectivity index (χ3n) is 4.07. The van der Waals surface area contributed by atoms with Crippen LogP contribution in [-0.2, 0) is 13.5 Å². The van der Waals surface area contributed by atoms with E-state index in [0.29, 0.717) is 10.9 Å². The minimum Gasteiger partial charge on any atom is -0.352 e. The number of aryl methyl sites for hydroxylation is 1. The number of hydrogen-bond donors (Lipinski definition) is 1. The molecule has 5 heteroatoms. The van der Waals surface area contributed by atoms with Crippen LogP contribution in [0.5, 0.6) is 0 Å². The Morgan fingerprint density at radius 1 is 1.09 bits per heavy atom. The molecule has 0 amide bonds. The second kappa shape index (κ2) is 5.25. The fraction of sp³-hybridized carbons (Fsp3) is 0.111. The Labute approximate surface area is 137 Å². The smallest absolute Gasteiger partial charge is 0.215 e. The standard InChI is InChI=1S/C18H14ClN3O/c1-22-17-16(10-20-22)21-15-7-4-12(9-14(15)18(17)23)8-11-2-5-13(19)6-3-11/h2-7,9-10H,8H2,1H3,(H,21,23). The highest BCUT2D eigenvalue weighted by Gasteiger charge is 2.10. The van der Waals surface area contributed by atoms with Crippen molar-refractivity contribution in [3.05, 3.63) is 75.0 Å². The van der Waals surface area contributed by atoms with Crippen molar-refractivity contribution in [2.45, 2.75) is 6.42 Å². The van der Waals surface area contributed by atoms with Gasteiger partial charge < -0.3 is 4.98 Å². The quantitative estimate of drug-likeness (QED) is 0.612. The number of rotatable bonds is 2. The molecule has 4 rings (SSSR count). The average molecular weight is 324 g/mol. The molecule has 2 aromatic heterocycles. The highest BCUT2D eigenvalue weighted by molar-refractivity contribution is 6.30. The number of nitrogens with zero attached hydrogens (tertiary/aromatic N) is 2. The van der Waals surface area contributed by atoms with Crippen LogP contribution in [-0.4, -0.2) is 14.8 Å². The van der Waals surface area contributed by atoms with Crippen LogP contribution in [0.25, 0.3) is 21.9 Å². The van der Waals surface area contributed by atoms with Gasteiger partial charge in [0.2, 0.25) is 5.43 Å². The van der Waals surface area contributed by atoms with Crippen molar-refractivity contribution < 1.29 is 0 Å². The van der Waals surface area contributed by atoms with Crippen molar-refractivity contribution in [3.63, 3.8) is 0 Å².